The molecule has 3 amide bonds. The van der Waals surface area contributed by atoms with Crippen LogP contribution in [0.15, 0.2) is 182 Å². The van der Waals surface area contributed by atoms with Crippen LogP contribution in [0.25, 0.3) is 66.1 Å². The lowest BCUT2D eigenvalue weighted by molar-refractivity contribution is -0.140. The molecule has 0 fully saturated rings. The Hall–Kier alpha value is -13.8. The number of halogens is 18. The molecule has 0 spiro atoms. The number of aromatic nitrogens is 3. The summed E-state index contributed by atoms with van der Waals surface area (Å²) in [5.74, 6) is -20.3. The number of nitrogens with zero attached hydrogens (tertiary/aromatic N) is 3. The first-order chi connectivity index (χ1) is 55.3. The van der Waals surface area contributed by atoms with E-state index >= 15 is 0 Å². The zero-order chi connectivity index (χ0) is 85.4. The van der Waals surface area contributed by atoms with Crippen LogP contribution in [0.1, 0.15) is 64.5 Å². The third-order valence-corrected chi connectivity index (χ3v) is 17.8. The van der Waals surface area contributed by atoms with Crippen LogP contribution in [-0.4, -0.2) is 105 Å². The predicted molar refractivity (Wildman–Crippen MR) is 383 cm³/mol. The quantitative estimate of drug-likeness (QED) is 0.0365. The highest BCUT2D eigenvalue weighted by Crippen LogP contribution is 2.49. The van der Waals surface area contributed by atoms with Gasteiger partial charge >= 0.3 is 36.4 Å². The number of carboxylic acid groups (broad SMARTS) is 3. The molecule has 0 radical (unpaired) electrons. The van der Waals surface area contributed by atoms with Crippen molar-refractivity contribution in [2.24, 2.45) is 0 Å². The predicted octanol–water partition coefficient (Wildman–Crippen LogP) is 17.3. The summed E-state index contributed by atoms with van der Waals surface area (Å²) in [5.41, 5.74) is -7.63. The van der Waals surface area contributed by atoms with Crippen molar-refractivity contribution in [3.63, 3.8) is 0 Å². The maximum absolute atomic E-state index is 14.0. The number of hydrogen-bond acceptors (Lipinski definition) is 12. The second kappa shape index (κ2) is 35.3. The molecule has 12 rings (SSSR count). The van der Waals surface area contributed by atoms with Crippen LogP contribution >= 0.6 is 0 Å². The monoisotopic (exact) mass is 1640 g/mol. The van der Waals surface area contributed by atoms with Gasteiger partial charge in [-0.15, -0.1) is 0 Å². The van der Waals surface area contributed by atoms with E-state index in [0.717, 1.165) is 94.1 Å². The van der Waals surface area contributed by atoms with Gasteiger partial charge in [-0.05, 0) is 89.5 Å². The number of carbonyl (C=O) groups excluding carboxylic acids is 3. The van der Waals surface area contributed by atoms with Gasteiger partial charge in [0.05, 0.1) is 54.6 Å². The number of carboxylic acids is 3. The minimum absolute atomic E-state index is 0.0148. The number of alkyl halides is 9. The molecule has 3 atom stereocenters. The number of carbonyl (C=O) groups is 6. The standard InChI is InChI=1S/3C27H18F6N2O4/c3*1-39-21-12-14(28)11-17(27(31,32)33)22(21)16-8-7-13(15-4-3-9-34-24(15)16)10-20(26(37)38)35-25(36)23-18(29)5-2-6-19(23)30/h3*2-9,11-12,20H,10H2,1H3,(H,35,36)(H,37,38)/t3*20-/m000/s1. The van der Waals surface area contributed by atoms with Gasteiger partial charge in [0.1, 0.15) is 104 Å². The third-order valence-electron chi connectivity index (χ3n) is 17.8. The summed E-state index contributed by atoms with van der Waals surface area (Å²) in [6.45, 7) is 0. The highest BCUT2D eigenvalue weighted by atomic mass is 19.4. The largest absolute Gasteiger partial charge is 0.496 e. The van der Waals surface area contributed by atoms with Crippen molar-refractivity contribution in [3.05, 3.63) is 285 Å². The number of amides is 3. The van der Waals surface area contributed by atoms with Crippen molar-refractivity contribution in [2.45, 2.75) is 55.9 Å². The van der Waals surface area contributed by atoms with Crippen LogP contribution in [-0.2, 0) is 52.2 Å². The fourth-order valence-electron chi connectivity index (χ4n) is 12.7. The third kappa shape index (κ3) is 19.0. The molecule has 18 nitrogen and oxygen atoms in total. The Morgan fingerprint density at radius 3 is 0.778 bits per heavy atom. The first-order valence-corrected chi connectivity index (χ1v) is 33.6. The molecule has 3 aromatic heterocycles. The normalized spacial score (nSPS) is 12.3. The average Bonchev–Trinajstić information content (AvgIpc) is 0.762. The van der Waals surface area contributed by atoms with Crippen LogP contribution in [0.2, 0.25) is 0 Å². The first-order valence-electron chi connectivity index (χ1n) is 33.6. The Morgan fingerprint density at radius 1 is 0.342 bits per heavy atom. The molecular formula is C81H54F18N6O12. The van der Waals surface area contributed by atoms with Crippen molar-refractivity contribution < 1.29 is 137 Å². The lowest BCUT2D eigenvalue weighted by atomic mass is 9.92. The molecule has 606 valence electrons. The lowest BCUT2D eigenvalue weighted by Gasteiger charge is -2.20. The van der Waals surface area contributed by atoms with Crippen LogP contribution in [0.5, 0.6) is 17.2 Å². The van der Waals surface area contributed by atoms with Gasteiger partial charge < -0.3 is 45.5 Å². The topological polar surface area (TPSA) is 266 Å². The number of methoxy groups -OCH3 is 3. The fraction of sp³-hybridized carbons (Fsp3) is 0.148. The highest BCUT2D eigenvalue weighted by molar-refractivity contribution is 6.03. The second-order valence-corrected chi connectivity index (χ2v) is 25.1. The summed E-state index contributed by atoms with van der Waals surface area (Å²) in [4.78, 5) is 85.9. The Labute approximate surface area is 646 Å². The smallest absolute Gasteiger partial charge is 0.417 e. The van der Waals surface area contributed by atoms with Crippen LogP contribution in [0.3, 0.4) is 0 Å². The Kier molecular flexibility index (Phi) is 25.8. The molecule has 12 aromatic rings. The van der Waals surface area contributed by atoms with E-state index in [4.69, 9.17) is 14.2 Å². The van der Waals surface area contributed by atoms with Gasteiger partial charge in [0.15, 0.2) is 0 Å². The van der Waals surface area contributed by atoms with Gasteiger partial charge in [-0.1, -0.05) is 72.8 Å². The highest BCUT2D eigenvalue weighted by Gasteiger charge is 2.41. The number of nitrogens with one attached hydrogen (secondary N) is 3. The summed E-state index contributed by atoms with van der Waals surface area (Å²) in [7, 11) is 3.25. The van der Waals surface area contributed by atoms with Crippen LogP contribution in [0.4, 0.5) is 79.0 Å². The minimum Gasteiger partial charge on any atom is -0.496 e. The summed E-state index contributed by atoms with van der Waals surface area (Å²) in [6, 6.07) is 23.0. The van der Waals surface area contributed by atoms with E-state index in [9.17, 15) is 123 Å². The molecule has 36 heteroatoms. The van der Waals surface area contributed by atoms with Crippen molar-refractivity contribution in [1.82, 2.24) is 30.9 Å². The van der Waals surface area contributed by atoms with Gasteiger partial charge in [-0.25, -0.2) is 53.9 Å². The van der Waals surface area contributed by atoms with E-state index in [1.54, 1.807) is 0 Å². The second-order valence-electron chi connectivity index (χ2n) is 25.1. The SMILES string of the molecule is COc1cc(F)cc(C(F)(F)F)c1-c1ccc(C[C@H](NC(=O)c2c(F)cccc2F)C(=O)O)c2cccnc12.COc1cc(F)cc(C(F)(F)F)c1-c1ccc(C[C@H](NC(=O)c2c(F)cccc2F)C(=O)O)c2cccnc12.COc1cc(F)cc(C(F)(F)F)c1-c1ccc(C[C@H](NC(=O)c2c(F)cccc2F)C(=O)O)c2cccnc12. The number of ether oxygens (including phenoxy) is 3. The molecule has 3 heterocycles. The van der Waals surface area contributed by atoms with E-state index in [2.05, 4.69) is 30.9 Å². The van der Waals surface area contributed by atoms with Crippen molar-refractivity contribution in [3.8, 4) is 50.6 Å². The summed E-state index contributed by atoms with van der Waals surface area (Å²) in [5, 5.41) is 36.0. The number of aliphatic carboxylic acids is 3. The van der Waals surface area contributed by atoms with E-state index in [1.165, 1.54) is 91.4 Å². The number of pyridine rings is 3. The maximum atomic E-state index is 14.0. The number of benzene rings is 9. The summed E-state index contributed by atoms with van der Waals surface area (Å²) < 4.78 is 266. The van der Waals surface area contributed by atoms with E-state index in [1.807, 2.05) is 0 Å². The van der Waals surface area contributed by atoms with Gasteiger partial charge in [-0.3, -0.25) is 29.3 Å². The Balaban J connectivity index is 0.000000185. The van der Waals surface area contributed by atoms with Gasteiger partial charge in [-0.2, -0.15) is 39.5 Å². The number of fused-ring (bicyclic) bond motifs is 3. The molecule has 0 aliphatic rings. The molecule has 117 heavy (non-hydrogen) atoms. The molecular weight excluding hydrogens is 1590 g/mol. The first kappa shape index (κ1) is 85.6. The molecule has 0 saturated carbocycles. The zero-order valence-electron chi connectivity index (χ0n) is 59.8. The zero-order valence-corrected chi connectivity index (χ0v) is 59.8. The summed E-state index contributed by atoms with van der Waals surface area (Å²) in [6.07, 6.45) is -12.2. The minimum atomic E-state index is -4.95. The lowest BCUT2D eigenvalue weighted by Crippen LogP contribution is -2.43. The van der Waals surface area contributed by atoms with E-state index in [-0.39, 0.29) is 66.1 Å². The van der Waals surface area contributed by atoms with Gasteiger partial charge in [0.2, 0.25) is 0 Å². The van der Waals surface area contributed by atoms with Crippen molar-refractivity contribution >= 4 is 68.3 Å². The fourth-order valence-corrected chi connectivity index (χ4v) is 12.7. The maximum Gasteiger partial charge on any atom is 0.417 e. The molecule has 0 unspecified atom stereocenters. The average molecular weight is 1650 g/mol. The Morgan fingerprint density at radius 2 is 0.573 bits per heavy atom. The van der Waals surface area contributed by atoms with Gasteiger partial charge in [0.25, 0.3) is 17.7 Å². The molecule has 0 bridgehead atoms. The van der Waals surface area contributed by atoms with Crippen molar-refractivity contribution in [2.75, 3.05) is 21.3 Å². The van der Waals surface area contributed by atoms with E-state index < -0.39 is 211 Å². The number of rotatable bonds is 21. The van der Waals surface area contributed by atoms with Crippen molar-refractivity contribution in [1.29, 1.82) is 0 Å². The molecule has 0 saturated heterocycles. The molecule has 6 N–H and O–H groups in total. The van der Waals surface area contributed by atoms with Gasteiger partial charge in [0, 0.05) is 106 Å². The Bertz CT molecular complexity index is 5270. The molecule has 0 aliphatic heterocycles. The molecule has 9 aromatic carbocycles. The van der Waals surface area contributed by atoms with Crippen LogP contribution in [0, 0.1) is 52.4 Å². The summed E-state index contributed by atoms with van der Waals surface area (Å²) >= 11 is 0. The van der Waals surface area contributed by atoms with Crippen LogP contribution < -0.4 is 30.2 Å². The molecule has 0 aliphatic carbocycles. The van der Waals surface area contributed by atoms with E-state index in [0.29, 0.717) is 18.2 Å². The number of hydrogen-bond donors (Lipinski definition) is 6.